The average Bonchev–Trinajstić information content (AvgIpc) is 3.15. The molecule has 29 heavy (non-hydrogen) atoms. The fourth-order valence-corrected chi connectivity index (χ4v) is 3.53. The second-order valence-electron chi connectivity index (χ2n) is 7.10. The van der Waals surface area contributed by atoms with E-state index in [1.165, 1.54) is 17.0 Å². The molecule has 4 rings (SSSR count). The lowest BCUT2D eigenvalue weighted by Gasteiger charge is -2.17. The van der Waals surface area contributed by atoms with E-state index in [-0.39, 0.29) is 30.5 Å². The Labute approximate surface area is 166 Å². The summed E-state index contributed by atoms with van der Waals surface area (Å²) in [5.74, 6) is 0.889. The summed E-state index contributed by atoms with van der Waals surface area (Å²) in [7, 11) is 0. The number of fused-ring (bicyclic) bond motifs is 1. The van der Waals surface area contributed by atoms with Crippen molar-refractivity contribution in [3.05, 3.63) is 69.3 Å². The summed E-state index contributed by atoms with van der Waals surface area (Å²) in [5.41, 5.74) is 0.0365. The van der Waals surface area contributed by atoms with Crippen LogP contribution in [0.25, 0.3) is 10.9 Å². The van der Waals surface area contributed by atoms with Gasteiger partial charge in [-0.1, -0.05) is 12.1 Å². The highest BCUT2D eigenvalue weighted by molar-refractivity contribution is 5.77. The molecule has 1 amide bonds. The minimum Gasteiger partial charge on any atom is -0.488 e. The first-order chi connectivity index (χ1) is 14.0. The lowest BCUT2D eigenvalue weighted by Crippen LogP contribution is -2.32. The van der Waals surface area contributed by atoms with Gasteiger partial charge in [0.1, 0.15) is 17.6 Å². The Bertz CT molecular complexity index is 1170. The molecule has 3 aromatic rings. The second-order valence-corrected chi connectivity index (χ2v) is 7.10. The molecule has 0 N–H and O–H groups in total. The van der Waals surface area contributed by atoms with Gasteiger partial charge in [-0.25, -0.2) is 9.78 Å². The van der Waals surface area contributed by atoms with Gasteiger partial charge in [-0.05, 0) is 19.1 Å². The third-order valence-corrected chi connectivity index (χ3v) is 4.97. The lowest BCUT2D eigenvalue weighted by molar-refractivity contribution is -0.130. The highest BCUT2D eigenvalue weighted by Crippen LogP contribution is 2.19. The first kappa shape index (κ1) is 18.9. The van der Waals surface area contributed by atoms with E-state index in [2.05, 4.69) is 4.98 Å². The number of ether oxygens (including phenoxy) is 1. The SMILES string of the molecule is Cc1cc(OC2CCN(C(=O)CCn3cnc4ccccc4c3=O)C2)cc(=O)o1. The molecule has 1 aliphatic rings. The molecule has 1 aromatic carbocycles. The van der Waals surface area contributed by atoms with Crippen LogP contribution in [0.3, 0.4) is 0 Å². The number of hydrogen-bond donors (Lipinski definition) is 0. The van der Waals surface area contributed by atoms with Gasteiger partial charge in [0.25, 0.3) is 5.56 Å². The number of hydrogen-bond acceptors (Lipinski definition) is 6. The zero-order chi connectivity index (χ0) is 20.4. The van der Waals surface area contributed by atoms with Crippen LogP contribution in [-0.4, -0.2) is 39.6 Å². The predicted octanol–water partition coefficient (Wildman–Crippen LogP) is 1.73. The van der Waals surface area contributed by atoms with Crippen molar-refractivity contribution in [2.24, 2.45) is 0 Å². The van der Waals surface area contributed by atoms with Gasteiger partial charge >= 0.3 is 5.63 Å². The lowest BCUT2D eigenvalue weighted by atomic mass is 10.2. The summed E-state index contributed by atoms with van der Waals surface area (Å²) in [6.45, 7) is 2.98. The summed E-state index contributed by atoms with van der Waals surface area (Å²) in [6, 6.07) is 10.1. The number of likely N-dealkylation sites (tertiary alicyclic amines) is 1. The van der Waals surface area contributed by atoms with Crippen LogP contribution in [0.5, 0.6) is 5.75 Å². The summed E-state index contributed by atoms with van der Waals surface area (Å²) in [4.78, 5) is 42.5. The van der Waals surface area contributed by atoms with E-state index in [9.17, 15) is 14.4 Å². The molecule has 0 saturated carbocycles. The normalized spacial score (nSPS) is 16.3. The van der Waals surface area contributed by atoms with Gasteiger partial charge in [-0.15, -0.1) is 0 Å². The standard InChI is InChI=1S/C21H21N3O5/c1-14-10-16(11-20(26)28-14)29-15-6-8-23(12-15)19(25)7-9-24-13-22-18-5-3-2-4-17(18)21(24)27/h2-5,10-11,13,15H,6-9,12H2,1H3. The van der Waals surface area contributed by atoms with E-state index >= 15 is 0 Å². The number of carbonyl (C=O) groups is 1. The molecule has 0 aliphatic carbocycles. The van der Waals surface area contributed by atoms with Crippen LogP contribution < -0.4 is 15.9 Å². The number of para-hydroxylation sites is 1. The number of benzene rings is 1. The molecule has 0 spiro atoms. The molecule has 8 nitrogen and oxygen atoms in total. The monoisotopic (exact) mass is 395 g/mol. The fourth-order valence-electron chi connectivity index (χ4n) is 3.53. The van der Waals surface area contributed by atoms with Gasteiger partial charge in [-0.3, -0.25) is 14.2 Å². The molecular weight excluding hydrogens is 374 g/mol. The Hall–Kier alpha value is -3.42. The minimum atomic E-state index is -0.458. The van der Waals surface area contributed by atoms with Crippen LogP contribution in [0.15, 0.2) is 56.7 Å². The Morgan fingerprint density at radius 1 is 1.28 bits per heavy atom. The topological polar surface area (TPSA) is 94.6 Å². The van der Waals surface area contributed by atoms with E-state index in [1.807, 2.05) is 6.07 Å². The van der Waals surface area contributed by atoms with Gasteiger partial charge in [-0.2, -0.15) is 0 Å². The van der Waals surface area contributed by atoms with Crippen molar-refractivity contribution >= 4 is 16.8 Å². The van der Waals surface area contributed by atoms with Crippen molar-refractivity contribution in [1.29, 1.82) is 0 Å². The summed E-state index contributed by atoms with van der Waals surface area (Å²) >= 11 is 0. The minimum absolute atomic E-state index is 0.0417. The Morgan fingerprint density at radius 2 is 2.10 bits per heavy atom. The summed E-state index contributed by atoms with van der Waals surface area (Å²) in [5, 5.41) is 0.541. The number of amides is 1. The summed E-state index contributed by atoms with van der Waals surface area (Å²) < 4.78 is 12.2. The van der Waals surface area contributed by atoms with Crippen molar-refractivity contribution in [3.63, 3.8) is 0 Å². The highest BCUT2D eigenvalue weighted by Gasteiger charge is 2.27. The zero-order valence-corrected chi connectivity index (χ0v) is 16.0. The van der Waals surface area contributed by atoms with Gasteiger partial charge in [0, 0.05) is 32.0 Å². The molecule has 150 valence electrons. The van der Waals surface area contributed by atoms with Crippen molar-refractivity contribution in [1.82, 2.24) is 14.5 Å². The van der Waals surface area contributed by atoms with Gasteiger partial charge < -0.3 is 14.1 Å². The zero-order valence-electron chi connectivity index (χ0n) is 16.0. The third kappa shape index (κ3) is 4.21. The smallest absolute Gasteiger partial charge is 0.339 e. The predicted molar refractivity (Wildman–Crippen MR) is 106 cm³/mol. The van der Waals surface area contributed by atoms with Crippen LogP contribution in [0, 0.1) is 6.92 Å². The number of nitrogens with zero attached hydrogens (tertiary/aromatic N) is 3. The quantitative estimate of drug-likeness (QED) is 0.653. The highest BCUT2D eigenvalue weighted by atomic mass is 16.5. The maximum atomic E-state index is 12.6. The van der Waals surface area contributed by atoms with Gasteiger partial charge in [0.2, 0.25) is 5.91 Å². The van der Waals surface area contributed by atoms with Gasteiger partial charge in [0.15, 0.2) is 0 Å². The van der Waals surface area contributed by atoms with Crippen LogP contribution in [0.1, 0.15) is 18.6 Å². The molecular formula is C21H21N3O5. The molecule has 3 heterocycles. The first-order valence-corrected chi connectivity index (χ1v) is 9.50. The van der Waals surface area contributed by atoms with E-state index in [4.69, 9.17) is 9.15 Å². The summed E-state index contributed by atoms with van der Waals surface area (Å²) in [6.07, 6.45) is 2.20. The number of carbonyl (C=O) groups excluding carboxylic acids is 1. The van der Waals surface area contributed by atoms with E-state index in [0.717, 1.165) is 0 Å². The Kier molecular flexibility index (Phi) is 5.16. The largest absolute Gasteiger partial charge is 0.488 e. The fraction of sp³-hybridized carbons (Fsp3) is 0.333. The van der Waals surface area contributed by atoms with Gasteiger partial charge in [0.05, 0.1) is 29.8 Å². The third-order valence-electron chi connectivity index (χ3n) is 4.97. The van der Waals surface area contributed by atoms with Crippen molar-refractivity contribution in [2.75, 3.05) is 13.1 Å². The van der Waals surface area contributed by atoms with Crippen LogP contribution in [0.4, 0.5) is 0 Å². The van der Waals surface area contributed by atoms with Crippen LogP contribution >= 0.6 is 0 Å². The maximum Gasteiger partial charge on any atom is 0.339 e. The van der Waals surface area contributed by atoms with Crippen molar-refractivity contribution in [3.8, 4) is 5.75 Å². The molecule has 8 heteroatoms. The molecule has 1 aliphatic heterocycles. The number of rotatable bonds is 5. The second kappa shape index (κ2) is 7.90. The Balaban J connectivity index is 1.36. The molecule has 1 unspecified atom stereocenters. The van der Waals surface area contributed by atoms with Crippen LogP contribution in [0.2, 0.25) is 0 Å². The van der Waals surface area contributed by atoms with E-state index in [1.54, 1.807) is 36.1 Å². The molecule has 2 aromatic heterocycles. The number of aryl methyl sites for hydroxylation is 2. The number of aromatic nitrogens is 2. The first-order valence-electron chi connectivity index (χ1n) is 9.50. The molecule has 1 saturated heterocycles. The molecule has 1 atom stereocenters. The van der Waals surface area contributed by atoms with E-state index < -0.39 is 5.63 Å². The van der Waals surface area contributed by atoms with Crippen molar-refractivity contribution in [2.45, 2.75) is 32.4 Å². The molecule has 0 bridgehead atoms. The van der Waals surface area contributed by atoms with Crippen LogP contribution in [-0.2, 0) is 11.3 Å². The molecule has 0 radical (unpaired) electrons. The molecule has 1 fully saturated rings. The van der Waals surface area contributed by atoms with Crippen molar-refractivity contribution < 1.29 is 13.9 Å². The maximum absolute atomic E-state index is 12.6. The van der Waals surface area contributed by atoms with E-state index in [0.29, 0.717) is 41.9 Å². The Morgan fingerprint density at radius 3 is 2.93 bits per heavy atom. The average molecular weight is 395 g/mol.